The second-order valence-corrected chi connectivity index (χ2v) is 3.99. The predicted octanol–water partition coefficient (Wildman–Crippen LogP) is 2.32. The van der Waals surface area contributed by atoms with Crippen LogP contribution in [-0.4, -0.2) is 16.3 Å². The van der Waals surface area contributed by atoms with E-state index in [1.165, 1.54) is 0 Å². The van der Waals surface area contributed by atoms with Crippen molar-refractivity contribution in [3.8, 4) is 0 Å². The fraction of sp³-hybridized carbons (Fsp3) is 0.500. The minimum absolute atomic E-state index is 0.0984. The molecule has 0 fully saturated rings. The highest BCUT2D eigenvalue weighted by molar-refractivity contribution is 7.08. The number of hydrogen-bond acceptors (Lipinski definition) is 3. The molecule has 1 aromatic heterocycles. The Kier molecular flexibility index (Phi) is 3.69. The fourth-order valence-corrected chi connectivity index (χ4v) is 1.58. The van der Waals surface area contributed by atoms with Crippen molar-refractivity contribution in [3.05, 3.63) is 16.1 Å². The summed E-state index contributed by atoms with van der Waals surface area (Å²) in [6.07, 6.45) is 0.915. The van der Waals surface area contributed by atoms with Crippen molar-refractivity contribution >= 4 is 29.0 Å². The molecule has 1 amide bonds. The van der Waals surface area contributed by atoms with Crippen LogP contribution in [0.4, 0.5) is 0 Å². The first-order valence-corrected chi connectivity index (χ1v) is 5.21. The van der Waals surface area contributed by atoms with Crippen molar-refractivity contribution in [2.24, 2.45) is 0 Å². The molecule has 1 atom stereocenters. The van der Waals surface area contributed by atoms with Gasteiger partial charge >= 0.3 is 0 Å². The average molecular weight is 219 g/mol. The highest BCUT2D eigenvalue weighted by Gasteiger charge is 2.11. The summed E-state index contributed by atoms with van der Waals surface area (Å²) >= 11 is 6.71. The van der Waals surface area contributed by atoms with Crippen molar-refractivity contribution in [1.82, 2.24) is 9.69 Å². The monoisotopic (exact) mass is 218 g/mol. The van der Waals surface area contributed by atoms with Gasteiger partial charge in [0.1, 0.15) is 10.0 Å². The zero-order valence-corrected chi connectivity index (χ0v) is 9.08. The summed E-state index contributed by atoms with van der Waals surface area (Å²) < 4.78 is 3.82. The molecular weight excluding hydrogens is 208 g/mol. The lowest BCUT2D eigenvalue weighted by molar-refractivity contribution is 0.0943. The molecule has 0 saturated carbocycles. The van der Waals surface area contributed by atoms with Gasteiger partial charge in [0, 0.05) is 12.1 Å². The van der Waals surface area contributed by atoms with Crippen molar-refractivity contribution in [2.45, 2.75) is 26.3 Å². The summed E-state index contributed by atoms with van der Waals surface area (Å²) in [5.41, 5.74) is 0. The Hall–Kier alpha value is -0.610. The number of rotatable bonds is 3. The van der Waals surface area contributed by atoms with Crippen LogP contribution < -0.4 is 5.32 Å². The van der Waals surface area contributed by atoms with E-state index in [4.69, 9.17) is 11.6 Å². The van der Waals surface area contributed by atoms with Gasteiger partial charge in [0.05, 0.1) is 0 Å². The first kappa shape index (κ1) is 10.5. The molecular formula is C8H11ClN2OS. The SMILES string of the molecule is CCC(C)NC(=O)c1cc(Cl)ns1. The first-order valence-electron chi connectivity index (χ1n) is 4.06. The van der Waals surface area contributed by atoms with Crippen molar-refractivity contribution < 1.29 is 4.79 Å². The van der Waals surface area contributed by atoms with E-state index in [-0.39, 0.29) is 11.9 Å². The molecule has 1 rings (SSSR count). The quantitative estimate of drug-likeness (QED) is 0.846. The zero-order chi connectivity index (χ0) is 9.84. The number of nitrogens with zero attached hydrogens (tertiary/aromatic N) is 1. The third-order valence-corrected chi connectivity index (χ3v) is 2.78. The smallest absolute Gasteiger partial charge is 0.263 e. The molecule has 0 aliphatic rings. The van der Waals surface area contributed by atoms with Crippen LogP contribution in [0.15, 0.2) is 6.07 Å². The lowest BCUT2D eigenvalue weighted by Gasteiger charge is -2.09. The fourth-order valence-electron chi connectivity index (χ4n) is 0.758. The molecule has 1 heterocycles. The summed E-state index contributed by atoms with van der Waals surface area (Å²) in [7, 11) is 0. The number of hydrogen-bond donors (Lipinski definition) is 1. The van der Waals surface area contributed by atoms with Crippen LogP contribution in [-0.2, 0) is 0 Å². The molecule has 0 bridgehead atoms. The van der Waals surface area contributed by atoms with E-state index in [1.807, 2.05) is 13.8 Å². The molecule has 72 valence electrons. The highest BCUT2D eigenvalue weighted by atomic mass is 35.5. The molecule has 5 heteroatoms. The molecule has 0 spiro atoms. The lowest BCUT2D eigenvalue weighted by Crippen LogP contribution is -2.31. The van der Waals surface area contributed by atoms with Gasteiger partial charge in [-0.3, -0.25) is 4.79 Å². The Balaban J connectivity index is 2.58. The van der Waals surface area contributed by atoms with Crippen LogP contribution in [0.2, 0.25) is 5.15 Å². The van der Waals surface area contributed by atoms with E-state index in [0.717, 1.165) is 18.0 Å². The van der Waals surface area contributed by atoms with Crippen LogP contribution in [0.25, 0.3) is 0 Å². The van der Waals surface area contributed by atoms with E-state index in [2.05, 4.69) is 9.69 Å². The Bertz CT molecular complexity index is 300. The largest absolute Gasteiger partial charge is 0.349 e. The molecule has 13 heavy (non-hydrogen) atoms. The molecule has 3 nitrogen and oxygen atoms in total. The van der Waals surface area contributed by atoms with Gasteiger partial charge in [-0.2, -0.15) is 4.37 Å². The number of carbonyl (C=O) groups excluding carboxylic acids is 1. The summed E-state index contributed by atoms with van der Waals surface area (Å²) in [6, 6.07) is 1.76. The maximum absolute atomic E-state index is 11.4. The second-order valence-electron chi connectivity index (χ2n) is 2.80. The predicted molar refractivity (Wildman–Crippen MR) is 54.3 cm³/mol. The van der Waals surface area contributed by atoms with Crippen molar-refractivity contribution in [3.63, 3.8) is 0 Å². The highest BCUT2D eigenvalue weighted by Crippen LogP contribution is 2.14. The molecule has 0 aromatic carbocycles. The summed E-state index contributed by atoms with van der Waals surface area (Å²) in [6.45, 7) is 3.98. The van der Waals surface area contributed by atoms with Gasteiger partial charge < -0.3 is 5.32 Å². The molecule has 0 aliphatic heterocycles. The van der Waals surface area contributed by atoms with Crippen LogP contribution in [0.1, 0.15) is 29.9 Å². The Morgan fingerprint density at radius 3 is 3.00 bits per heavy atom. The van der Waals surface area contributed by atoms with Crippen LogP contribution in [0.3, 0.4) is 0 Å². The van der Waals surface area contributed by atoms with E-state index < -0.39 is 0 Å². The standard InChI is InChI=1S/C8H11ClN2OS/c1-3-5(2)10-8(12)6-4-7(9)11-13-6/h4-5H,3H2,1-2H3,(H,10,12). The van der Waals surface area contributed by atoms with Gasteiger partial charge in [-0.15, -0.1) is 0 Å². The molecule has 0 saturated heterocycles. The molecule has 1 N–H and O–H groups in total. The molecule has 1 aromatic rings. The van der Waals surface area contributed by atoms with Gasteiger partial charge in [0.2, 0.25) is 0 Å². The van der Waals surface area contributed by atoms with Crippen molar-refractivity contribution in [2.75, 3.05) is 0 Å². The van der Waals surface area contributed by atoms with Gasteiger partial charge in [-0.1, -0.05) is 18.5 Å². The van der Waals surface area contributed by atoms with E-state index in [9.17, 15) is 4.79 Å². The molecule has 0 aliphatic carbocycles. The molecule has 1 unspecified atom stereocenters. The van der Waals surface area contributed by atoms with E-state index >= 15 is 0 Å². The van der Waals surface area contributed by atoms with Crippen LogP contribution in [0, 0.1) is 0 Å². The topological polar surface area (TPSA) is 42.0 Å². The Labute approximate surface area is 86.3 Å². The van der Waals surface area contributed by atoms with E-state index in [0.29, 0.717) is 10.0 Å². The average Bonchev–Trinajstić information content (AvgIpc) is 2.51. The Morgan fingerprint density at radius 1 is 1.85 bits per heavy atom. The molecule has 0 radical (unpaired) electrons. The third-order valence-electron chi connectivity index (χ3n) is 1.70. The second kappa shape index (κ2) is 4.58. The van der Waals surface area contributed by atoms with Gasteiger partial charge in [0.15, 0.2) is 0 Å². The number of amides is 1. The van der Waals surface area contributed by atoms with Crippen LogP contribution >= 0.6 is 23.1 Å². The maximum atomic E-state index is 11.4. The first-order chi connectivity index (χ1) is 6.13. The summed E-state index contributed by atoms with van der Waals surface area (Å²) in [4.78, 5) is 12.0. The number of carbonyl (C=O) groups is 1. The summed E-state index contributed by atoms with van der Waals surface area (Å²) in [5, 5.41) is 3.21. The van der Waals surface area contributed by atoms with Gasteiger partial charge in [0.25, 0.3) is 5.91 Å². The van der Waals surface area contributed by atoms with Crippen LogP contribution in [0.5, 0.6) is 0 Å². The van der Waals surface area contributed by atoms with Crippen molar-refractivity contribution in [1.29, 1.82) is 0 Å². The minimum atomic E-state index is -0.0984. The minimum Gasteiger partial charge on any atom is -0.349 e. The number of aromatic nitrogens is 1. The third kappa shape index (κ3) is 2.97. The summed E-state index contributed by atoms with van der Waals surface area (Å²) in [5.74, 6) is -0.0984. The van der Waals surface area contributed by atoms with Gasteiger partial charge in [-0.05, 0) is 24.9 Å². The lowest BCUT2D eigenvalue weighted by atomic mass is 10.2. The Morgan fingerprint density at radius 2 is 2.54 bits per heavy atom. The van der Waals surface area contributed by atoms with E-state index in [1.54, 1.807) is 6.07 Å². The maximum Gasteiger partial charge on any atom is 0.263 e. The normalized spacial score (nSPS) is 12.5. The zero-order valence-electron chi connectivity index (χ0n) is 7.50. The van der Waals surface area contributed by atoms with Gasteiger partial charge in [-0.25, -0.2) is 0 Å². The number of nitrogens with one attached hydrogen (secondary N) is 1. The number of halogens is 1.